The molecule has 13 heavy (non-hydrogen) atoms. The van der Waals surface area contributed by atoms with Gasteiger partial charge in [0.25, 0.3) is 5.95 Å². The molecular formula is C8H13N3O2. The molecule has 1 aliphatic carbocycles. The maximum atomic E-state index is 9.10. The van der Waals surface area contributed by atoms with Gasteiger partial charge in [-0.2, -0.15) is 4.98 Å². The fraction of sp³-hybridized carbons (Fsp3) is 0.750. The molecule has 2 rings (SSSR count). The minimum absolute atomic E-state index is 0.181. The summed E-state index contributed by atoms with van der Waals surface area (Å²) in [6.45, 7) is 0. The van der Waals surface area contributed by atoms with Crippen LogP contribution in [0.4, 0.5) is 5.95 Å². The Kier molecular flexibility index (Phi) is 1.95. The Hall–Kier alpha value is -1.10. The molecule has 1 heterocycles. The lowest BCUT2D eigenvalue weighted by molar-refractivity contribution is 0.0625. The normalized spacial score (nSPS) is 27.0. The van der Waals surface area contributed by atoms with Gasteiger partial charge in [-0.25, -0.2) is 0 Å². The van der Waals surface area contributed by atoms with Crippen LogP contribution in [0.1, 0.15) is 24.7 Å². The van der Waals surface area contributed by atoms with Crippen molar-refractivity contribution in [2.75, 3.05) is 19.0 Å². The van der Waals surface area contributed by atoms with Crippen LogP contribution in [0.15, 0.2) is 4.52 Å². The van der Waals surface area contributed by atoms with Crippen LogP contribution in [-0.4, -0.2) is 35.4 Å². The summed E-state index contributed by atoms with van der Waals surface area (Å²) in [6.07, 6.45) is 1.31. The smallest absolute Gasteiger partial charge is 0.265 e. The van der Waals surface area contributed by atoms with E-state index in [1.807, 2.05) is 14.1 Å². The van der Waals surface area contributed by atoms with Crippen molar-refractivity contribution in [3.63, 3.8) is 0 Å². The first-order chi connectivity index (χ1) is 6.16. The molecule has 0 radical (unpaired) electrons. The zero-order chi connectivity index (χ0) is 9.42. The van der Waals surface area contributed by atoms with Crippen LogP contribution >= 0.6 is 0 Å². The van der Waals surface area contributed by atoms with Gasteiger partial charge in [0.05, 0.1) is 6.10 Å². The molecule has 5 nitrogen and oxygen atoms in total. The molecule has 0 unspecified atom stereocenters. The summed E-state index contributed by atoms with van der Waals surface area (Å²) in [5.41, 5.74) is 0. The highest BCUT2D eigenvalue weighted by atomic mass is 16.5. The van der Waals surface area contributed by atoms with Crippen LogP contribution in [0.2, 0.25) is 0 Å². The summed E-state index contributed by atoms with van der Waals surface area (Å²) in [6, 6.07) is 0. The molecule has 1 saturated carbocycles. The topological polar surface area (TPSA) is 62.4 Å². The molecule has 1 aromatic rings. The van der Waals surface area contributed by atoms with Crippen molar-refractivity contribution >= 4 is 5.95 Å². The van der Waals surface area contributed by atoms with Crippen molar-refractivity contribution in [2.24, 2.45) is 0 Å². The molecule has 1 N–H and O–H groups in total. The average molecular weight is 183 g/mol. The maximum Gasteiger partial charge on any atom is 0.265 e. The molecule has 1 aromatic heterocycles. The first-order valence-corrected chi connectivity index (χ1v) is 4.36. The number of aliphatic hydroxyl groups is 1. The van der Waals surface area contributed by atoms with Gasteiger partial charge in [-0.15, -0.1) is 0 Å². The summed E-state index contributed by atoms with van der Waals surface area (Å²) >= 11 is 0. The molecular weight excluding hydrogens is 170 g/mol. The van der Waals surface area contributed by atoms with Crippen molar-refractivity contribution in [2.45, 2.75) is 24.9 Å². The Morgan fingerprint density at radius 1 is 1.46 bits per heavy atom. The highest BCUT2D eigenvalue weighted by Crippen LogP contribution is 2.36. The Labute approximate surface area is 76.4 Å². The highest BCUT2D eigenvalue weighted by Gasteiger charge is 2.33. The number of nitrogens with zero attached hydrogens (tertiary/aromatic N) is 3. The summed E-state index contributed by atoms with van der Waals surface area (Å²) in [5, 5.41) is 12.9. The Balaban J connectivity index is 2.06. The monoisotopic (exact) mass is 183 g/mol. The van der Waals surface area contributed by atoms with E-state index in [0.717, 1.165) is 12.8 Å². The van der Waals surface area contributed by atoms with Gasteiger partial charge in [-0.05, 0) is 18.0 Å². The number of rotatable bonds is 2. The van der Waals surface area contributed by atoms with Gasteiger partial charge < -0.3 is 14.5 Å². The lowest BCUT2D eigenvalue weighted by atomic mass is 9.82. The second kappa shape index (κ2) is 2.99. The van der Waals surface area contributed by atoms with Crippen LogP contribution < -0.4 is 4.90 Å². The van der Waals surface area contributed by atoms with Crippen molar-refractivity contribution < 1.29 is 9.63 Å². The summed E-state index contributed by atoms with van der Waals surface area (Å²) in [5.74, 6) is 1.50. The second-order valence-corrected chi connectivity index (χ2v) is 3.65. The third kappa shape index (κ3) is 1.51. The highest BCUT2D eigenvalue weighted by molar-refractivity contribution is 5.24. The number of anilines is 1. The van der Waals surface area contributed by atoms with Gasteiger partial charge in [0.2, 0.25) is 5.89 Å². The van der Waals surface area contributed by atoms with Crippen molar-refractivity contribution in [3.8, 4) is 0 Å². The molecule has 0 atom stereocenters. The minimum Gasteiger partial charge on any atom is -0.393 e. The van der Waals surface area contributed by atoms with Crippen molar-refractivity contribution in [1.29, 1.82) is 0 Å². The molecule has 1 aliphatic rings. The van der Waals surface area contributed by atoms with E-state index >= 15 is 0 Å². The van der Waals surface area contributed by atoms with Gasteiger partial charge in [0.15, 0.2) is 0 Å². The van der Waals surface area contributed by atoms with Gasteiger partial charge in [0, 0.05) is 20.0 Å². The summed E-state index contributed by atoms with van der Waals surface area (Å²) < 4.78 is 5.06. The minimum atomic E-state index is -0.181. The van der Waals surface area contributed by atoms with Crippen LogP contribution in [0.3, 0.4) is 0 Å². The molecule has 0 spiro atoms. The lowest BCUT2D eigenvalue weighted by Crippen LogP contribution is -2.26. The second-order valence-electron chi connectivity index (χ2n) is 3.65. The zero-order valence-electron chi connectivity index (χ0n) is 7.77. The molecule has 0 aromatic carbocycles. The molecule has 0 bridgehead atoms. The van der Waals surface area contributed by atoms with Gasteiger partial charge in [0.1, 0.15) is 0 Å². The van der Waals surface area contributed by atoms with E-state index < -0.39 is 0 Å². The third-order valence-electron chi connectivity index (χ3n) is 2.29. The SMILES string of the molecule is CN(C)c1noc(C2CC(O)C2)n1. The van der Waals surface area contributed by atoms with E-state index in [2.05, 4.69) is 10.1 Å². The van der Waals surface area contributed by atoms with E-state index in [9.17, 15) is 0 Å². The lowest BCUT2D eigenvalue weighted by Gasteiger charge is -2.27. The fourth-order valence-electron chi connectivity index (χ4n) is 1.36. The van der Waals surface area contributed by atoms with Crippen molar-refractivity contribution in [1.82, 2.24) is 10.1 Å². The van der Waals surface area contributed by atoms with Gasteiger partial charge >= 0.3 is 0 Å². The standard InChI is InChI=1S/C8H13N3O2/c1-11(2)8-9-7(13-10-8)5-3-6(12)4-5/h5-6,12H,3-4H2,1-2H3. The number of aromatic nitrogens is 2. The Morgan fingerprint density at radius 2 is 2.15 bits per heavy atom. The van der Waals surface area contributed by atoms with Gasteiger partial charge in [-0.1, -0.05) is 0 Å². The first-order valence-electron chi connectivity index (χ1n) is 4.36. The Bertz CT molecular complexity index is 291. The third-order valence-corrected chi connectivity index (χ3v) is 2.29. The van der Waals surface area contributed by atoms with E-state index in [0.29, 0.717) is 11.8 Å². The fourth-order valence-corrected chi connectivity index (χ4v) is 1.36. The molecule has 0 amide bonds. The van der Waals surface area contributed by atoms with Crippen LogP contribution in [-0.2, 0) is 0 Å². The summed E-state index contributed by atoms with van der Waals surface area (Å²) in [4.78, 5) is 6.00. The van der Waals surface area contributed by atoms with E-state index in [1.54, 1.807) is 4.90 Å². The first kappa shape index (κ1) is 8.50. The quantitative estimate of drug-likeness (QED) is 0.717. The van der Waals surface area contributed by atoms with Crippen LogP contribution in [0.5, 0.6) is 0 Å². The molecule has 0 aliphatic heterocycles. The van der Waals surface area contributed by atoms with E-state index in [4.69, 9.17) is 9.63 Å². The Morgan fingerprint density at radius 3 is 2.62 bits per heavy atom. The van der Waals surface area contributed by atoms with Crippen molar-refractivity contribution in [3.05, 3.63) is 5.89 Å². The average Bonchev–Trinajstić information content (AvgIpc) is 2.46. The number of hydrogen-bond acceptors (Lipinski definition) is 5. The zero-order valence-corrected chi connectivity index (χ0v) is 7.77. The van der Waals surface area contributed by atoms with Crippen LogP contribution in [0.25, 0.3) is 0 Å². The molecule has 0 saturated heterocycles. The molecule has 1 fully saturated rings. The maximum absolute atomic E-state index is 9.10. The predicted octanol–water partition coefficient (Wildman–Crippen LogP) is 0.374. The van der Waals surface area contributed by atoms with E-state index in [-0.39, 0.29) is 12.0 Å². The molecule has 72 valence electrons. The number of hydrogen-bond donors (Lipinski definition) is 1. The largest absolute Gasteiger partial charge is 0.393 e. The number of aliphatic hydroxyl groups excluding tert-OH is 1. The summed E-state index contributed by atoms with van der Waals surface area (Å²) in [7, 11) is 3.73. The predicted molar refractivity (Wildman–Crippen MR) is 46.6 cm³/mol. The molecule has 5 heteroatoms. The van der Waals surface area contributed by atoms with Crippen LogP contribution in [0, 0.1) is 0 Å². The van der Waals surface area contributed by atoms with E-state index in [1.165, 1.54) is 0 Å². The van der Waals surface area contributed by atoms with Gasteiger partial charge in [-0.3, -0.25) is 0 Å².